The molecule has 2 heterocycles. The number of hydrogen-bond acceptors (Lipinski definition) is 5. The molecule has 37 heavy (non-hydrogen) atoms. The number of alkyl halides is 6. The first-order chi connectivity index (χ1) is 17.2. The lowest BCUT2D eigenvalue weighted by Gasteiger charge is -2.40. The van der Waals surface area contributed by atoms with Gasteiger partial charge in [0.2, 0.25) is 0 Å². The summed E-state index contributed by atoms with van der Waals surface area (Å²) in [6, 6.07) is 10.0. The SMILES string of the molecule is COCCN1CCC2(CC1)CC(N1CCCC1)c1ccccc12.O=C(O)C(F)(F)F.O=C(O)C(F)(F)F. The Labute approximate surface area is 211 Å². The first kappa shape index (κ1) is 30.8. The molecule has 7 nitrogen and oxygen atoms in total. The van der Waals surface area contributed by atoms with Gasteiger partial charge in [-0.15, -0.1) is 0 Å². The van der Waals surface area contributed by atoms with Gasteiger partial charge in [0.25, 0.3) is 0 Å². The highest BCUT2D eigenvalue weighted by Crippen LogP contribution is 2.53. The molecule has 1 aromatic rings. The van der Waals surface area contributed by atoms with Crippen molar-refractivity contribution >= 4 is 11.9 Å². The van der Waals surface area contributed by atoms with Gasteiger partial charge in [0.15, 0.2) is 0 Å². The van der Waals surface area contributed by atoms with Gasteiger partial charge in [0.05, 0.1) is 6.61 Å². The van der Waals surface area contributed by atoms with Crippen LogP contribution in [0.3, 0.4) is 0 Å². The summed E-state index contributed by atoms with van der Waals surface area (Å²) in [6.07, 6.45) is -3.41. The molecule has 0 bridgehead atoms. The number of rotatable bonds is 4. The molecular formula is C24H32F6N2O5. The summed E-state index contributed by atoms with van der Waals surface area (Å²) in [7, 11) is 1.80. The summed E-state index contributed by atoms with van der Waals surface area (Å²) < 4.78 is 68.7. The first-order valence-electron chi connectivity index (χ1n) is 11.9. The van der Waals surface area contributed by atoms with Crippen LogP contribution in [-0.2, 0) is 19.7 Å². The molecule has 3 aliphatic rings. The number of hydrogen-bond donors (Lipinski definition) is 2. The molecule has 1 spiro atoms. The number of halogens is 6. The van der Waals surface area contributed by atoms with Gasteiger partial charge in [-0.3, -0.25) is 4.90 Å². The van der Waals surface area contributed by atoms with Gasteiger partial charge in [-0.05, 0) is 74.8 Å². The van der Waals surface area contributed by atoms with Crippen molar-refractivity contribution < 1.29 is 50.9 Å². The smallest absolute Gasteiger partial charge is 0.475 e. The van der Waals surface area contributed by atoms with E-state index in [1.54, 1.807) is 18.2 Å². The zero-order chi connectivity index (χ0) is 27.9. The minimum atomic E-state index is -5.08. The van der Waals surface area contributed by atoms with Gasteiger partial charge in [-0.2, -0.15) is 26.3 Å². The maximum Gasteiger partial charge on any atom is 0.490 e. The highest BCUT2D eigenvalue weighted by atomic mass is 19.4. The van der Waals surface area contributed by atoms with Crippen molar-refractivity contribution in [3.8, 4) is 0 Å². The molecule has 0 amide bonds. The zero-order valence-electron chi connectivity index (χ0n) is 20.4. The summed E-state index contributed by atoms with van der Waals surface area (Å²) in [6.45, 7) is 7.00. The van der Waals surface area contributed by atoms with Gasteiger partial charge in [-0.1, -0.05) is 24.3 Å². The molecule has 1 aromatic carbocycles. The molecule has 0 radical (unpaired) electrons. The van der Waals surface area contributed by atoms with Crippen molar-refractivity contribution in [2.75, 3.05) is 46.4 Å². The summed E-state index contributed by atoms with van der Waals surface area (Å²) >= 11 is 0. The van der Waals surface area contributed by atoms with Gasteiger partial charge in [0.1, 0.15) is 0 Å². The van der Waals surface area contributed by atoms with Crippen LogP contribution in [0.25, 0.3) is 0 Å². The first-order valence-corrected chi connectivity index (χ1v) is 11.9. The van der Waals surface area contributed by atoms with E-state index in [2.05, 4.69) is 34.1 Å². The van der Waals surface area contributed by atoms with Crippen LogP contribution in [0.2, 0.25) is 0 Å². The Bertz CT molecular complexity index is 870. The average Bonchev–Trinajstić information content (AvgIpc) is 3.46. The van der Waals surface area contributed by atoms with Crippen LogP contribution in [0.5, 0.6) is 0 Å². The summed E-state index contributed by atoms with van der Waals surface area (Å²) in [5, 5.41) is 14.2. The lowest BCUT2D eigenvalue weighted by Crippen LogP contribution is -2.43. The van der Waals surface area contributed by atoms with E-state index < -0.39 is 24.3 Å². The Morgan fingerprint density at radius 1 is 0.946 bits per heavy atom. The van der Waals surface area contributed by atoms with Crippen molar-refractivity contribution in [1.82, 2.24) is 9.80 Å². The van der Waals surface area contributed by atoms with Crippen molar-refractivity contribution in [2.24, 2.45) is 0 Å². The molecular weight excluding hydrogens is 510 g/mol. The summed E-state index contributed by atoms with van der Waals surface area (Å²) in [5.74, 6) is -5.51. The highest BCUT2D eigenvalue weighted by Gasteiger charge is 2.47. The second-order valence-electron chi connectivity index (χ2n) is 9.27. The van der Waals surface area contributed by atoms with Gasteiger partial charge >= 0.3 is 24.3 Å². The van der Waals surface area contributed by atoms with Crippen LogP contribution in [0.1, 0.15) is 49.3 Å². The third-order valence-corrected chi connectivity index (χ3v) is 6.97. The average molecular weight is 543 g/mol. The fourth-order valence-electron chi connectivity index (χ4n) is 5.14. The zero-order valence-corrected chi connectivity index (χ0v) is 20.4. The molecule has 1 unspecified atom stereocenters. The maximum absolute atomic E-state index is 10.6. The van der Waals surface area contributed by atoms with Crippen molar-refractivity contribution in [3.63, 3.8) is 0 Å². The number of carboxylic acids is 2. The molecule has 1 atom stereocenters. The van der Waals surface area contributed by atoms with Crippen molar-refractivity contribution in [1.29, 1.82) is 0 Å². The number of aliphatic carboxylic acids is 2. The van der Waals surface area contributed by atoms with E-state index in [0.29, 0.717) is 11.5 Å². The molecule has 0 aromatic heterocycles. The maximum atomic E-state index is 10.6. The Kier molecular flexibility index (Phi) is 10.8. The monoisotopic (exact) mass is 542 g/mol. The van der Waals surface area contributed by atoms with E-state index >= 15 is 0 Å². The summed E-state index contributed by atoms with van der Waals surface area (Å²) in [4.78, 5) is 23.1. The quantitative estimate of drug-likeness (QED) is 0.543. The predicted molar refractivity (Wildman–Crippen MR) is 121 cm³/mol. The van der Waals surface area contributed by atoms with Gasteiger partial charge in [-0.25, -0.2) is 9.59 Å². The number of methoxy groups -OCH3 is 1. The number of ether oxygens (including phenoxy) is 1. The van der Waals surface area contributed by atoms with Gasteiger partial charge in [0, 0.05) is 19.7 Å². The minimum absolute atomic E-state index is 0.438. The second-order valence-corrected chi connectivity index (χ2v) is 9.27. The molecule has 0 saturated carbocycles. The van der Waals surface area contributed by atoms with Crippen LogP contribution in [0, 0.1) is 0 Å². The molecule has 13 heteroatoms. The normalized spacial score (nSPS) is 21.4. The Morgan fingerprint density at radius 3 is 1.89 bits per heavy atom. The number of benzene rings is 1. The van der Waals surface area contributed by atoms with E-state index in [-0.39, 0.29) is 0 Å². The number of likely N-dealkylation sites (tertiary alicyclic amines) is 2. The lowest BCUT2D eigenvalue weighted by molar-refractivity contribution is -0.193. The largest absolute Gasteiger partial charge is 0.490 e. The van der Waals surface area contributed by atoms with Crippen LogP contribution < -0.4 is 0 Å². The second kappa shape index (κ2) is 12.9. The van der Waals surface area contributed by atoms with Crippen LogP contribution in [-0.4, -0.2) is 90.7 Å². The number of carboxylic acid groups (broad SMARTS) is 2. The van der Waals surface area contributed by atoms with Crippen LogP contribution in [0.15, 0.2) is 24.3 Å². The van der Waals surface area contributed by atoms with Crippen molar-refractivity contribution in [3.05, 3.63) is 35.4 Å². The molecule has 2 saturated heterocycles. The lowest BCUT2D eigenvalue weighted by atomic mass is 9.73. The van der Waals surface area contributed by atoms with E-state index in [9.17, 15) is 26.3 Å². The topological polar surface area (TPSA) is 90.3 Å². The Morgan fingerprint density at radius 2 is 1.43 bits per heavy atom. The standard InChI is InChI=1S/C20H30N2O.2C2HF3O2/c1-23-15-14-21-12-8-20(9-13-21)16-19(22-10-4-5-11-22)17-6-2-3-7-18(17)20;2*3-2(4,5)1(6)7/h2-3,6-7,19H,4-5,8-16H2,1H3;2*(H,6,7). The van der Waals surface area contributed by atoms with Gasteiger partial charge < -0.3 is 19.8 Å². The molecule has 2 fully saturated rings. The third kappa shape index (κ3) is 8.57. The Balaban J connectivity index is 0.000000286. The fraction of sp³-hybridized carbons (Fsp3) is 0.667. The van der Waals surface area contributed by atoms with E-state index in [4.69, 9.17) is 24.5 Å². The molecule has 2 aliphatic heterocycles. The predicted octanol–water partition coefficient (Wildman–Crippen LogP) is 4.47. The molecule has 210 valence electrons. The highest BCUT2D eigenvalue weighted by molar-refractivity contribution is 5.73. The number of carbonyl (C=O) groups is 2. The minimum Gasteiger partial charge on any atom is -0.475 e. The van der Waals surface area contributed by atoms with E-state index in [1.807, 2.05) is 0 Å². The van der Waals surface area contributed by atoms with Crippen molar-refractivity contribution in [2.45, 2.75) is 55.9 Å². The number of nitrogens with zero attached hydrogens (tertiary/aromatic N) is 2. The van der Waals surface area contributed by atoms with Crippen LogP contribution >= 0.6 is 0 Å². The summed E-state index contributed by atoms with van der Waals surface area (Å²) in [5.41, 5.74) is 3.75. The number of fused-ring (bicyclic) bond motifs is 2. The van der Waals surface area contributed by atoms with E-state index in [0.717, 1.165) is 13.2 Å². The van der Waals surface area contributed by atoms with Crippen LogP contribution in [0.4, 0.5) is 26.3 Å². The fourth-order valence-corrected chi connectivity index (χ4v) is 5.14. The molecule has 1 aliphatic carbocycles. The molecule has 4 rings (SSSR count). The third-order valence-electron chi connectivity index (χ3n) is 6.97. The number of piperidine rings is 1. The molecule has 2 N–H and O–H groups in total. The van der Waals surface area contributed by atoms with E-state index in [1.165, 1.54) is 58.3 Å². The Hall–Kier alpha value is -2.38.